The molecule has 1 aliphatic carbocycles. The molecule has 4 N–H and O–H groups in total. The predicted molar refractivity (Wildman–Crippen MR) is 53.4 cm³/mol. The van der Waals surface area contributed by atoms with Gasteiger partial charge in [-0.15, -0.1) is 0 Å². The van der Waals surface area contributed by atoms with Gasteiger partial charge < -0.3 is 16.3 Å². The van der Waals surface area contributed by atoms with Crippen molar-refractivity contribution < 1.29 is 23.2 Å². The molecule has 0 saturated heterocycles. The Kier molecular flexibility index (Phi) is 4.19. The van der Waals surface area contributed by atoms with E-state index in [1.807, 2.05) is 0 Å². The minimum Gasteiger partial charge on any atom is -0.409 e. The Bertz CT molecular complexity index is 317. The van der Waals surface area contributed by atoms with Crippen LogP contribution in [0.4, 0.5) is 13.2 Å². The van der Waals surface area contributed by atoms with Gasteiger partial charge in [0.05, 0.1) is 0 Å². The highest BCUT2D eigenvalue weighted by Gasteiger charge is 2.35. The molecule has 1 aliphatic rings. The number of nitrogens with two attached hydrogens (primary N) is 1. The molecule has 1 rings (SSSR count). The van der Waals surface area contributed by atoms with Crippen LogP contribution in [0.3, 0.4) is 0 Å². The Balaban J connectivity index is 2.53. The Morgan fingerprint density at radius 1 is 1.47 bits per heavy atom. The highest BCUT2D eigenvalue weighted by Crippen LogP contribution is 2.26. The number of hydrogen-bond acceptors (Lipinski definition) is 3. The summed E-state index contributed by atoms with van der Waals surface area (Å²) in [6.45, 7) is 0. The molecule has 0 spiro atoms. The van der Waals surface area contributed by atoms with E-state index in [-0.39, 0.29) is 5.84 Å². The molecule has 0 heterocycles. The minimum absolute atomic E-state index is 0.0557. The van der Waals surface area contributed by atoms with Gasteiger partial charge >= 0.3 is 6.18 Å². The van der Waals surface area contributed by atoms with E-state index in [1.165, 1.54) is 0 Å². The first-order valence-corrected chi connectivity index (χ1v) is 5.17. The fraction of sp³-hybridized carbons (Fsp3) is 0.778. The summed E-state index contributed by atoms with van der Waals surface area (Å²) >= 11 is 0. The van der Waals surface area contributed by atoms with Crippen molar-refractivity contribution in [2.75, 3.05) is 0 Å². The number of amides is 1. The lowest BCUT2D eigenvalue weighted by Crippen LogP contribution is -2.43. The van der Waals surface area contributed by atoms with Crippen molar-refractivity contribution in [3.8, 4) is 0 Å². The Morgan fingerprint density at radius 3 is 2.65 bits per heavy atom. The van der Waals surface area contributed by atoms with Crippen LogP contribution < -0.4 is 11.1 Å². The summed E-state index contributed by atoms with van der Waals surface area (Å²) in [7, 11) is 0. The van der Waals surface area contributed by atoms with Gasteiger partial charge in [0.15, 0.2) is 0 Å². The number of alkyl halides is 3. The fourth-order valence-electron chi connectivity index (χ4n) is 2.00. The largest absolute Gasteiger partial charge is 0.409 e. The first kappa shape index (κ1) is 13.6. The molecule has 2 unspecified atom stereocenters. The first-order chi connectivity index (χ1) is 7.83. The van der Waals surface area contributed by atoms with Gasteiger partial charge in [0.25, 0.3) is 0 Å². The molecule has 0 aromatic heterocycles. The van der Waals surface area contributed by atoms with E-state index in [2.05, 4.69) is 10.5 Å². The van der Waals surface area contributed by atoms with E-state index in [0.717, 1.165) is 6.42 Å². The maximum atomic E-state index is 12.0. The van der Waals surface area contributed by atoms with Gasteiger partial charge in [-0.2, -0.15) is 13.2 Å². The molecule has 2 atom stereocenters. The Morgan fingerprint density at radius 2 is 2.12 bits per heavy atom. The summed E-state index contributed by atoms with van der Waals surface area (Å²) in [4.78, 5) is 11.1. The molecule has 1 fully saturated rings. The number of nitrogens with one attached hydrogen (secondary N) is 1. The number of carbonyl (C=O) groups is 1. The van der Waals surface area contributed by atoms with Gasteiger partial charge in [-0.05, 0) is 12.8 Å². The van der Waals surface area contributed by atoms with Crippen LogP contribution in [-0.4, -0.2) is 29.2 Å². The zero-order chi connectivity index (χ0) is 13.1. The van der Waals surface area contributed by atoms with E-state index < -0.39 is 30.5 Å². The van der Waals surface area contributed by atoms with E-state index in [0.29, 0.717) is 12.8 Å². The smallest absolute Gasteiger partial charge is 0.397 e. The summed E-state index contributed by atoms with van der Waals surface area (Å²) in [6.07, 6.45) is -4.18. The highest BCUT2D eigenvalue weighted by molar-refractivity contribution is 5.84. The normalized spacial score (nSPS) is 25.9. The van der Waals surface area contributed by atoms with Crippen molar-refractivity contribution in [3.63, 3.8) is 0 Å². The van der Waals surface area contributed by atoms with Gasteiger partial charge in [0.2, 0.25) is 5.91 Å². The number of nitrogens with zero attached hydrogens (tertiary/aromatic N) is 1. The van der Waals surface area contributed by atoms with Gasteiger partial charge in [-0.3, -0.25) is 4.79 Å². The number of halogens is 3. The van der Waals surface area contributed by atoms with Gasteiger partial charge in [0, 0.05) is 12.0 Å². The van der Waals surface area contributed by atoms with E-state index >= 15 is 0 Å². The second kappa shape index (κ2) is 5.24. The van der Waals surface area contributed by atoms with Crippen molar-refractivity contribution in [2.45, 2.75) is 37.9 Å². The third-order valence-electron chi connectivity index (χ3n) is 2.72. The summed E-state index contributed by atoms with van der Waals surface area (Å²) < 4.78 is 35.9. The predicted octanol–water partition coefficient (Wildman–Crippen LogP) is 0.970. The van der Waals surface area contributed by atoms with Crippen molar-refractivity contribution >= 4 is 11.7 Å². The molecule has 17 heavy (non-hydrogen) atoms. The monoisotopic (exact) mass is 253 g/mol. The van der Waals surface area contributed by atoms with Gasteiger partial charge in [0.1, 0.15) is 12.3 Å². The average molecular weight is 253 g/mol. The van der Waals surface area contributed by atoms with E-state index in [9.17, 15) is 18.0 Å². The van der Waals surface area contributed by atoms with Crippen molar-refractivity contribution in [2.24, 2.45) is 16.8 Å². The van der Waals surface area contributed by atoms with Crippen LogP contribution in [0.1, 0.15) is 25.7 Å². The van der Waals surface area contributed by atoms with E-state index in [1.54, 1.807) is 0 Å². The molecular formula is C9H14F3N3O2. The van der Waals surface area contributed by atoms with Crippen LogP contribution in [0, 0.1) is 5.92 Å². The number of hydrogen-bond donors (Lipinski definition) is 3. The molecule has 0 aromatic rings. The Labute approximate surface area is 95.8 Å². The Hall–Kier alpha value is -1.47. The van der Waals surface area contributed by atoms with Crippen LogP contribution in [0.25, 0.3) is 0 Å². The molecule has 0 aliphatic heterocycles. The van der Waals surface area contributed by atoms with E-state index in [4.69, 9.17) is 10.9 Å². The summed E-state index contributed by atoms with van der Waals surface area (Å²) in [5, 5.41) is 13.6. The van der Waals surface area contributed by atoms with Crippen LogP contribution in [0.5, 0.6) is 0 Å². The lowest BCUT2D eigenvalue weighted by atomic mass is 10.0. The van der Waals surface area contributed by atoms with Crippen molar-refractivity contribution in [3.05, 3.63) is 0 Å². The number of amidine groups is 1. The van der Waals surface area contributed by atoms with Crippen LogP contribution >= 0.6 is 0 Å². The summed E-state index contributed by atoms with van der Waals surface area (Å²) in [5.41, 5.74) is 5.40. The maximum Gasteiger partial charge on any atom is 0.397 e. The van der Waals surface area contributed by atoms with Crippen molar-refractivity contribution in [1.82, 2.24) is 5.32 Å². The summed E-state index contributed by atoms with van der Waals surface area (Å²) in [5.74, 6) is -1.53. The average Bonchev–Trinajstić information content (AvgIpc) is 2.61. The van der Waals surface area contributed by atoms with Crippen molar-refractivity contribution in [1.29, 1.82) is 0 Å². The second-order valence-electron chi connectivity index (χ2n) is 4.03. The maximum absolute atomic E-state index is 12.0. The molecule has 98 valence electrons. The zero-order valence-electron chi connectivity index (χ0n) is 9.00. The quantitative estimate of drug-likeness (QED) is 0.303. The molecule has 1 saturated carbocycles. The third kappa shape index (κ3) is 4.12. The SMILES string of the molecule is NC(=NO)C1CCCC1NC(=O)CC(F)(F)F. The zero-order valence-corrected chi connectivity index (χ0v) is 9.00. The molecule has 8 heteroatoms. The molecule has 0 bridgehead atoms. The van der Waals surface area contributed by atoms with Crippen LogP contribution in [0.2, 0.25) is 0 Å². The number of rotatable bonds is 3. The molecule has 1 amide bonds. The first-order valence-electron chi connectivity index (χ1n) is 5.17. The molecular weight excluding hydrogens is 239 g/mol. The fourth-order valence-corrected chi connectivity index (χ4v) is 2.00. The lowest BCUT2D eigenvalue weighted by molar-refractivity contribution is -0.154. The third-order valence-corrected chi connectivity index (χ3v) is 2.72. The second-order valence-corrected chi connectivity index (χ2v) is 4.03. The highest BCUT2D eigenvalue weighted by atomic mass is 19.4. The summed E-state index contributed by atoms with van der Waals surface area (Å²) in [6, 6.07) is -0.485. The lowest BCUT2D eigenvalue weighted by Gasteiger charge is -2.20. The number of carbonyl (C=O) groups excluding carboxylic acids is 1. The van der Waals surface area contributed by atoms with Gasteiger partial charge in [-0.1, -0.05) is 11.6 Å². The standard InChI is InChI=1S/C9H14F3N3O2/c10-9(11,12)4-7(16)14-6-3-1-2-5(6)8(13)15-17/h5-6,17H,1-4H2,(H2,13,15)(H,14,16). The number of oxime groups is 1. The van der Waals surface area contributed by atoms with Gasteiger partial charge in [-0.25, -0.2) is 0 Å². The van der Waals surface area contributed by atoms with Crippen LogP contribution in [-0.2, 0) is 4.79 Å². The molecule has 5 nitrogen and oxygen atoms in total. The molecule has 0 aromatic carbocycles. The minimum atomic E-state index is -4.52. The van der Waals surface area contributed by atoms with Crippen LogP contribution in [0.15, 0.2) is 5.16 Å². The molecule has 0 radical (unpaired) electrons. The topological polar surface area (TPSA) is 87.7 Å².